The van der Waals surface area contributed by atoms with Crippen LogP contribution in [0.1, 0.15) is 10.9 Å². The Morgan fingerprint density at radius 1 is 1.38 bits per heavy atom. The summed E-state index contributed by atoms with van der Waals surface area (Å²) >= 11 is 6.08. The van der Waals surface area contributed by atoms with Crippen molar-refractivity contribution in [3.8, 4) is 0 Å². The Bertz CT molecular complexity index is 522. The smallest absolute Gasteiger partial charge is 0.242 e. The number of hydrogen-bond acceptors (Lipinski definition) is 2. The van der Waals surface area contributed by atoms with Gasteiger partial charge < -0.3 is 5.32 Å². The van der Waals surface area contributed by atoms with Gasteiger partial charge in [-0.15, -0.1) is 11.6 Å². The fourth-order valence-electron chi connectivity index (χ4n) is 1.61. The second-order valence-electron chi connectivity index (χ2n) is 3.43. The number of carbonyl (C=O) groups is 1. The molecule has 2 aromatic rings. The van der Waals surface area contributed by atoms with E-state index in [1.165, 1.54) is 0 Å². The van der Waals surface area contributed by atoms with Gasteiger partial charge in [-0.3, -0.25) is 9.78 Å². The average molecular weight is 235 g/mol. The molecule has 0 bridgehead atoms. The second kappa shape index (κ2) is 4.49. The molecule has 1 unspecified atom stereocenters. The van der Waals surface area contributed by atoms with E-state index in [1.54, 1.807) is 19.4 Å². The van der Waals surface area contributed by atoms with E-state index in [2.05, 4.69) is 10.3 Å². The van der Waals surface area contributed by atoms with Crippen molar-refractivity contribution in [1.29, 1.82) is 0 Å². The van der Waals surface area contributed by atoms with Crippen LogP contribution in [0.3, 0.4) is 0 Å². The Morgan fingerprint density at radius 3 is 2.88 bits per heavy atom. The first-order valence-electron chi connectivity index (χ1n) is 4.92. The molecule has 0 aliphatic heterocycles. The van der Waals surface area contributed by atoms with Gasteiger partial charge in [-0.2, -0.15) is 0 Å². The minimum Gasteiger partial charge on any atom is -0.358 e. The molecule has 0 saturated carbocycles. The summed E-state index contributed by atoms with van der Waals surface area (Å²) in [5.74, 6) is -0.222. The van der Waals surface area contributed by atoms with Gasteiger partial charge in [-0.1, -0.05) is 24.3 Å². The molecule has 1 amide bonds. The topological polar surface area (TPSA) is 42.0 Å². The monoisotopic (exact) mass is 234 g/mol. The maximum Gasteiger partial charge on any atom is 0.242 e. The Kier molecular flexibility index (Phi) is 3.06. The number of carbonyl (C=O) groups excluding carboxylic acids is 1. The number of benzene rings is 1. The van der Waals surface area contributed by atoms with Crippen LogP contribution >= 0.6 is 11.6 Å². The molecule has 1 aromatic carbocycles. The minimum atomic E-state index is -0.705. The summed E-state index contributed by atoms with van der Waals surface area (Å²) in [6.07, 6.45) is 3.39. The van der Waals surface area contributed by atoms with E-state index in [4.69, 9.17) is 11.6 Å². The van der Waals surface area contributed by atoms with E-state index in [1.807, 2.05) is 24.3 Å². The highest BCUT2D eigenvalue weighted by atomic mass is 35.5. The van der Waals surface area contributed by atoms with E-state index >= 15 is 0 Å². The number of fused-ring (bicyclic) bond motifs is 1. The number of alkyl halides is 1. The van der Waals surface area contributed by atoms with Crippen molar-refractivity contribution in [3.05, 3.63) is 42.2 Å². The van der Waals surface area contributed by atoms with Crippen molar-refractivity contribution in [2.24, 2.45) is 0 Å². The predicted molar refractivity (Wildman–Crippen MR) is 64.4 cm³/mol. The van der Waals surface area contributed by atoms with E-state index in [0.717, 1.165) is 16.3 Å². The Labute approximate surface area is 98.4 Å². The minimum absolute atomic E-state index is 0.222. The highest BCUT2D eigenvalue weighted by Gasteiger charge is 2.18. The molecule has 1 aromatic heterocycles. The number of rotatable bonds is 2. The third-order valence-corrected chi connectivity index (χ3v) is 2.88. The third-order valence-electron chi connectivity index (χ3n) is 2.45. The Hall–Kier alpha value is -1.61. The van der Waals surface area contributed by atoms with Crippen molar-refractivity contribution < 1.29 is 4.79 Å². The van der Waals surface area contributed by atoms with Crippen LogP contribution in [0.2, 0.25) is 0 Å². The van der Waals surface area contributed by atoms with Gasteiger partial charge in [-0.05, 0) is 5.39 Å². The predicted octanol–water partition coefficient (Wildman–Crippen LogP) is 2.26. The summed E-state index contributed by atoms with van der Waals surface area (Å²) in [6.45, 7) is 0. The molecule has 0 aliphatic carbocycles. The van der Waals surface area contributed by atoms with E-state index in [-0.39, 0.29) is 5.91 Å². The maximum atomic E-state index is 11.5. The summed E-state index contributed by atoms with van der Waals surface area (Å²) in [5, 5.41) is 3.76. The normalized spacial score (nSPS) is 12.4. The first-order valence-corrected chi connectivity index (χ1v) is 5.36. The summed E-state index contributed by atoms with van der Waals surface area (Å²) in [7, 11) is 1.57. The second-order valence-corrected chi connectivity index (χ2v) is 3.86. The van der Waals surface area contributed by atoms with Crippen LogP contribution in [-0.2, 0) is 4.79 Å². The van der Waals surface area contributed by atoms with Gasteiger partial charge in [0.15, 0.2) is 0 Å². The molecule has 3 nitrogen and oxygen atoms in total. The van der Waals surface area contributed by atoms with E-state index in [0.29, 0.717) is 0 Å². The van der Waals surface area contributed by atoms with Gasteiger partial charge in [0, 0.05) is 30.4 Å². The molecule has 1 atom stereocenters. The number of halogens is 1. The molecule has 4 heteroatoms. The molecule has 0 radical (unpaired) electrons. The molecule has 82 valence electrons. The zero-order valence-electron chi connectivity index (χ0n) is 8.77. The molecule has 2 rings (SSSR count). The van der Waals surface area contributed by atoms with Crippen LogP contribution in [0.4, 0.5) is 0 Å². The lowest BCUT2D eigenvalue weighted by Gasteiger charge is -2.10. The molecule has 1 heterocycles. The molecule has 1 N–H and O–H groups in total. The summed E-state index contributed by atoms with van der Waals surface area (Å²) in [4.78, 5) is 15.6. The molecule has 16 heavy (non-hydrogen) atoms. The molecular formula is C12H11ClN2O. The summed E-state index contributed by atoms with van der Waals surface area (Å²) in [6, 6.07) is 7.72. The van der Waals surface area contributed by atoms with Crippen LogP contribution in [0.15, 0.2) is 36.7 Å². The Balaban J connectivity index is 2.56. The highest BCUT2D eigenvalue weighted by molar-refractivity contribution is 6.31. The van der Waals surface area contributed by atoms with E-state index in [9.17, 15) is 4.79 Å². The quantitative estimate of drug-likeness (QED) is 0.810. The SMILES string of the molecule is CNC(=O)C(Cl)c1cncc2ccccc12. The average Bonchev–Trinajstić information content (AvgIpc) is 2.36. The van der Waals surface area contributed by atoms with Gasteiger partial charge in [0.1, 0.15) is 5.38 Å². The van der Waals surface area contributed by atoms with Gasteiger partial charge >= 0.3 is 0 Å². The number of hydrogen-bond donors (Lipinski definition) is 1. The van der Waals surface area contributed by atoms with Gasteiger partial charge in [0.2, 0.25) is 5.91 Å². The largest absolute Gasteiger partial charge is 0.358 e. The summed E-state index contributed by atoms with van der Waals surface area (Å²) in [5.41, 5.74) is 0.735. The third kappa shape index (κ3) is 1.86. The fourth-order valence-corrected chi connectivity index (χ4v) is 1.89. The van der Waals surface area contributed by atoms with Crippen molar-refractivity contribution in [3.63, 3.8) is 0 Å². The molecular weight excluding hydrogens is 224 g/mol. The number of aromatic nitrogens is 1. The summed E-state index contributed by atoms with van der Waals surface area (Å²) < 4.78 is 0. The number of nitrogens with one attached hydrogen (secondary N) is 1. The molecule has 0 spiro atoms. The molecule has 0 aliphatic rings. The lowest BCUT2D eigenvalue weighted by atomic mass is 10.1. The number of nitrogens with zero attached hydrogens (tertiary/aromatic N) is 1. The van der Waals surface area contributed by atoms with Crippen molar-refractivity contribution in [1.82, 2.24) is 10.3 Å². The number of pyridine rings is 1. The van der Waals surface area contributed by atoms with Crippen molar-refractivity contribution in [2.75, 3.05) is 7.05 Å². The number of amides is 1. The molecule has 0 fully saturated rings. The van der Waals surface area contributed by atoms with Crippen LogP contribution in [0.25, 0.3) is 10.8 Å². The standard InChI is InChI=1S/C12H11ClN2O/c1-14-12(16)11(13)10-7-15-6-8-4-2-3-5-9(8)10/h2-7,11H,1H3,(H,14,16). The highest BCUT2D eigenvalue weighted by Crippen LogP contribution is 2.27. The Morgan fingerprint density at radius 2 is 2.12 bits per heavy atom. The zero-order valence-corrected chi connectivity index (χ0v) is 9.53. The van der Waals surface area contributed by atoms with Gasteiger partial charge in [0.25, 0.3) is 0 Å². The van der Waals surface area contributed by atoms with Crippen LogP contribution in [-0.4, -0.2) is 17.9 Å². The fraction of sp³-hybridized carbons (Fsp3) is 0.167. The first kappa shape index (κ1) is 10.9. The maximum absolute atomic E-state index is 11.5. The van der Waals surface area contributed by atoms with Crippen molar-refractivity contribution >= 4 is 28.3 Å². The lowest BCUT2D eigenvalue weighted by molar-refractivity contribution is -0.120. The van der Waals surface area contributed by atoms with Crippen LogP contribution in [0.5, 0.6) is 0 Å². The van der Waals surface area contributed by atoms with Gasteiger partial charge in [-0.25, -0.2) is 0 Å². The first-order chi connectivity index (χ1) is 7.74. The molecule has 0 saturated heterocycles. The zero-order chi connectivity index (χ0) is 11.5. The van der Waals surface area contributed by atoms with Crippen LogP contribution < -0.4 is 5.32 Å². The number of likely N-dealkylation sites (N-methyl/N-ethyl adjacent to an activating group) is 1. The lowest BCUT2D eigenvalue weighted by Crippen LogP contribution is -2.22. The van der Waals surface area contributed by atoms with E-state index < -0.39 is 5.38 Å². The van der Waals surface area contributed by atoms with Crippen molar-refractivity contribution in [2.45, 2.75) is 5.38 Å². The van der Waals surface area contributed by atoms with Crippen LogP contribution in [0, 0.1) is 0 Å². The van der Waals surface area contributed by atoms with Gasteiger partial charge in [0.05, 0.1) is 0 Å².